The van der Waals surface area contributed by atoms with Crippen molar-refractivity contribution in [3.8, 4) is 5.75 Å². The summed E-state index contributed by atoms with van der Waals surface area (Å²) in [7, 11) is 1.63. The van der Waals surface area contributed by atoms with Crippen LogP contribution in [0.15, 0.2) is 23.1 Å². The molecule has 6 heteroatoms. The molecule has 1 aromatic rings. The van der Waals surface area contributed by atoms with Crippen LogP contribution in [0.2, 0.25) is 0 Å². The Balaban J connectivity index is 2.35. The van der Waals surface area contributed by atoms with Gasteiger partial charge in [0.1, 0.15) is 10.1 Å². The van der Waals surface area contributed by atoms with Gasteiger partial charge in [-0.25, -0.2) is 0 Å². The standard InChI is InChI=1S/C15H18N2O2S2/c1-4-17(5-2)11-7-6-10(12(9-11)19-3)8-13-14(18)16-15(20)21-13/h6-9H,4-5H2,1-3H3,(H,16,18,20). The lowest BCUT2D eigenvalue weighted by atomic mass is 10.1. The third kappa shape index (κ3) is 3.57. The molecular weight excluding hydrogens is 304 g/mol. The summed E-state index contributed by atoms with van der Waals surface area (Å²) in [6, 6.07) is 6.00. The Kier molecular flexibility index (Phi) is 5.25. The Labute approximate surface area is 134 Å². The lowest BCUT2D eigenvalue weighted by molar-refractivity contribution is -0.115. The summed E-state index contributed by atoms with van der Waals surface area (Å²) in [5.74, 6) is 0.595. The minimum Gasteiger partial charge on any atom is -0.496 e. The van der Waals surface area contributed by atoms with Crippen molar-refractivity contribution < 1.29 is 9.53 Å². The molecule has 1 fully saturated rings. The molecule has 0 aliphatic carbocycles. The molecular formula is C15H18N2O2S2. The van der Waals surface area contributed by atoms with Crippen molar-refractivity contribution in [2.75, 3.05) is 25.1 Å². The van der Waals surface area contributed by atoms with E-state index in [2.05, 4.69) is 24.1 Å². The SMILES string of the molecule is CCN(CC)c1ccc(C=C2SC(=S)NC2=O)c(OC)c1. The second kappa shape index (κ2) is 6.95. The van der Waals surface area contributed by atoms with E-state index in [1.165, 1.54) is 11.8 Å². The van der Waals surface area contributed by atoms with Crippen LogP contribution in [0.3, 0.4) is 0 Å². The fourth-order valence-corrected chi connectivity index (χ4v) is 3.20. The normalized spacial score (nSPS) is 16.2. The van der Waals surface area contributed by atoms with Gasteiger partial charge in [0.05, 0.1) is 12.0 Å². The fourth-order valence-electron chi connectivity index (χ4n) is 2.17. The summed E-state index contributed by atoms with van der Waals surface area (Å²) in [6.45, 7) is 6.11. The summed E-state index contributed by atoms with van der Waals surface area (Å²) in [5.41, 5.74) is 1.98. The van der Waals surface area contributed by atoms with Gasteiger partial charge in [0.25, 0.3) is 5.91 Å². The van der Waals surface area contributed by atoms with Gasteiger partial charge in [0.15, 0.2) is 0 Å². The zero-order valence-electron chi connectivity index (χ0n) is 12.3. The number of ether oxygens (including phenoxy) is 1. The van der Waals surface area contributed by atoms with Gasteiger partial charge in [0, 0.05) is 30.4 Å². The van der Waals surface area contributed by atoms with Crippen molar-refractivity contribution in [1.82, 2.24) is 5.32 Å². The van der Waals surface area contributed by atoms with Crippen molar-refractivity contribution in [2.24, 2.45) is 0 Å². The highest BCUT2D eigenvalue weighted by Gasteiger charge is 2.22. The zero-order chi connectivity index (χ0) is 15.4. The highest BCUT2D eigenvalue weighted by molar-refractivity contribution is 8.26. The first kappa shape index (κ1) is 15.9. The number of rotatable bonds is 5. The van der Waals surface area contributed by atoms with Crippen LogP contribution in [-0.2, 0) is 4.79 Å². The van der Waals surface area contributed by atoms with E-state index in [0.29, 0.717) is 9.23 Å². The molecule has 2 rings (SSSR count). The molecule has 21 heavy (non-hydrogen) atoms. The summed E-state index contributed by atoms with van der Waals surface area (Å²) in [4.78, 5) is 14.6. The number of nitrogens with one attached hydrogen (secondary N) is 1. The third-order valence-corrected chi connectivity index (χ3v) is 4.44. The first-order chi connectivity index (χ1) is 10.1. The Bertz CT molecular complexity index is 595. The molecule has 0 saturated carbocycles. The highest BCUT2D eigenvalue weighted by atomic mass is 32.2. The molecule has 0 unspecified atom stereocenters. The van der Waals surface area contributed by atoms with Crippen LogP contribution in [0, 0.1) is 0 Å². The molecule has 1 aromatic carbocycles. The monoisotopic (exact) mass is 322 g/mol. The maximum atomic E-state index is 11.7. The second-order valence-corrected chi connectivity index (χ2v) is 6.17. The molecule has 112 valence electrons. The molecule has 1 aliphatic rings. The molecule has 1 N–H and O–H groups in total. The minimum absolute atomic E-state index is 0.153. The molecule has 0 spiro atoms. The number of hydrogen-bond donors (Lipinski definition) is 1. The van der Waals surface area contributed by atoms with Gasteiger partial charge in [-0.1, -0.05) is 24.0 Å². The minimum atomic E-state index is -0.153. The number of hydrogen-bond acceptors (Lipinski definition) is 5. The molecule has 1 heterocycles. The van der Waals surface area contributed by atoms with E-state index in [-0.39, 0.29) is 5.91 Å². The first-order valence-electron chi connectivity index (χ1n) is 6.76. The van der Waals surface area contributed by atoms with Crippen LogP contribution in [0.4, 0.5) is 5.69 Å². The van der Waals surface area contributed by atoms with Crippen molar-refractivity contribution in [2.45, 2.75) is 13.8 Å². The summed E-state index contributed by atoms with van der Waals surface area (Å²) < 4.78 is 5.94. The number of anilines is 1. The molecule has 0 atom stereocenters. The molecule has 0 bridgehead atoms. The average molecular weight is 322 g/mol. The van der Waals surface area contributed by atoms with E-state index in [9.17, 15) is 4.79 Å². The number of thioether (sulfide) groups is 1. The average Bonchev–Trinajstić information content (AvgIpc) is 2.79. The summed E-state index contributed by atoms with van der Waals surface area (Å²) in [6.07, 6.45) is 1.81. The molecule has 0 aromatic heterocycles. The second-order valence-electron chi connectivity index (χ2n) is 4.45. The van der Waals surface area contributed by atoms with Gasteiger partial charge < -0.3 is 15.0 Å². The Morgan fingerprint density at radius 3 is 2.62 bits per heavy atom. The van der Waals surface area contributed by atoms with E-state index < -0.39 is 0 Å². The fraction of sp³-hybridized carbons (Fsp3) is 0.333. The largest absolute Gasteiger partial charge is 0.496 e. The van der Waals surface area contributed by atoms with Gasteiger partial charge in [-0.05, 0) is 32.1 Å². The Morgan fingerprint density at radius 1 is 1.38 bits per heavy atom. The number of benzene rings is 1. The van der Waals surface area contributed by atoms with Gasteiger partial charge in [0.2, 0.25) is 0 Å². The number of carbonyl (C=O) groups excluding carboxylic acids is 1. The Hall–Kier alpha value is -1.53. The summed E-state index contributed by atoms with van der Waals surface area (Å²) >= 11 is 6.26. The van der Waals surface area contributed by atoms with Crippen molar-refractivity contribution in [1.29, 1.82) is 0 Å². The summed E-state index contributed by atoms with van der Waals surface area (Å²) in [5, 5.41) is 2.61. The van der Waals surface area contributed by atoms with Crippen LogP contribution in [0.5, 0.6) is 5.75 Å². The Morgan fingerprint density at radius 2 is 2.10 bits per heavy atom. The van der Waals surface area contributed by atoms with E-state index in [0.717, 1.165) is 30.1 Å². The topological polar surface area (TPSA) is 41.6 Å². The van der Waals surface area contributed by atoms with Crippen molar-refractivity contribution >= 4 is 46.0 Å². The quantitative estimate of drug-likeness (QED) is 0.667. The van der Waals surface area contributed by atoms with E-state index >= 15 is 0 Å². The van der Waals surface area contributed by atoms with Gasteiger partial charge in [-0.2, -0.15) is 0 Å². The van der Waals surface area contributed by atoms with Gasteiger partial charge in [-0.15, -0.1) is 0 Å². The lowest BCUT2D eigenvalue weighted by Gasteiger charge is -2.22. The smallest absolute Gasteiger partial charge is 0.263 e. The van der Waals surface area contributed by atoms with E-state index in [4.69, 9.17) is 17.0 Å². The maximum Gasteiger partial charge on any atom is 0.263 e. The zero-order valence-corrected chi connectivity index (χ0v) is 13.9. The number of amides is 1. The van der Waals surface area contributed by atoms with Crippen LogP contribution in [-0.4, -0.2) is 30.4 Å². The molecule has 0 radical (unpaired) electrons. The number of thiocarbonyl (C=S) groups is 1. The highest BCUT2D eigenvalue weighted by Crippen LogP contribution is 2.31. The van der Waals surface area contributed by atoms with Crippen LogP contribution >= 0.6 is 24.0 Å². The molecule has 1 aliphatic heterocycles. The third-order valence-electron chi connectivity index (χ3n) is 3.27. The number of carbonyl (C=O) groups is 1. The van der Waals surface area contributed by atoms with Gasteiger partial charge >= 0.3 is 0 Å². The maximum absolute atomic E-state index is 11.7. The first-order valence-corrected chi connectivity index (χ1v) is 7.99. The van der Waals surface area contributed by atoms with Crippen LogP contribution in [0.25, 0.3) is 6.08 Å². The van der Waals surface area contributed by atoms with E-state index in [1.54, 1.807) is 7.11 Å². The predicted octanol–water partition coefficient (Wildman–Crippen LogP) is 3.03. The van der Waals surface area contributed by atoms with E-state index in [1.807, 2.05) is 24.3 Å². The molecule has 1 amide bonds. The molecule has 4 nitrogen and oxygen atoms in total. The number of methoxy groups -OCH3 is 1. The lowest BCUT2D eigenvalue weighted by Crippen LogP contribution is -2.21. The van der Waals surface area contributed by atoms with Crippen LogP contribution < -0.4 is 15.0 Å². The van der Waals surface area contributed by atoms with Gasteiger partial charge in [-0.3, -0.25) is 4.79 Å². The van der Waals surface area contributed by atoms with Crippen molar-refractivity contribution in [3.05, 3.63) is 28.7 Å². The van der Waals surface area contributed by atoms with Crippen LogP contribution in [0.1, 0.15) is 19.4 Å². The van der Waals surface area contributed by atoms with Crippen molar-refractivity contribution in [3.63, 3.8) is 0 Å². The number of nitrogens with zero attached hydrogens (tertiary/aromatic N) is 1. The predicted molar refractivity (Wildman–Crippen MR) is 92.9 cm³/mol. The molecule has 1 saturated heterocycles.